The summed E-state index contributed by atoms with van der Waals surface area (Å²) in [6, 6.07) is 13.7. The average molecular weight is 496 g/mol. The first-order valence-electron chi connectivity index (χ1n) is 11.6. The number of nitrogens with zero attached hydrogens (tertiary/aromatic N) is 4. The van der Waals surface area contributed by atoms with Crippen LogP contribution in [0.25, 0.3) is 0 Å². The number of hydrogen-bond acceptors (Lipinski definition) is 8. The number of aromatic nitrogens is 2. The maximum absolute atomic E-state index is 12.5. The molecular weight excluding hydrogens is 466 g/mol. The Bertz CT molecular complexity index is 1160. The van der Waals surface area contributed by atoms with E-state index in [0.717, 1.165) is 37.4 Å². The Morgan fingerprint density at radius 2 is 1.86 bits per heavy atom. The van der Waals surface area contributed by atoms with E-state index in [2.05, 4.69) is 44.3 Å². The molecule has 0 radical (unpaired) electrons. The van der Waals surface area contributed by atoms with Crippen molar-refractivity contribution in [2.45, 2.75) is 13.3 Å². The van der Waals surface area contributed by atoms with Gasteiger partial charge in [0, 0.05) is 50.2 Å². The van der Waals surface area contributed by atoms with Crippen molar-refractivity contribution in [3.63, 3.8) is 0 Å². The molecule has 1 aliphatic rings. The quantitative estimate of drug-likeness (QED) is 0.460. The second-order valence-corrected chi connectivity index (χ2v) is 8.79. The van der Waals surface area contributed by atoms with Crippen molar-refractivity contribution in [3.05, 3.63) is 70.5 Å². The van der Waals surface area contributed by atoms with Crippen molar-refractivity contribution in [2.24, 2.45) is 0 Å². The van der Waals surface area contributed by atoms with Gasteiger partial charge >= 0.3 is 5.97 Å². The van der Waals surface area contributed by atoms with E-state index in [1.54, 1.807) is 20.1 Å². The summed E-state index contributed by atoms with van der Waals surface area (Å²) in [4.78, 5) is 26.3. The van der Waals surface area contributed by atoms with Gasteiger partial charge in [0.25, 0.3) is 0 Å². The first-order chi connectivity index (χ1) is 17.0. The Hall–Kier alpha value is -3.36. The number of halogens is 1. The van der Waals surface area contributed by atoms with Gasteiger partial charge in [0.2, 0.25) is 5.95 Å². The minimum absolute atomic E-state index is 0.271. The number of methoxy groups -OCH3 is 1. The molecule has 1 aliphatic heterocycles. The SMILES string of the molecule is CCOC(=O)c1cnc(Nc2ccc(N3CCN(C)CC3)cc2)nc1Cc1ccc(Cl)c(OC)c1. The van der Waals surface area contributed by atoms with Crippen LogP contribution < -0.4 is 15.0 Å². The lowest BCUT2D eigenvalue weighted by Gasteiger charge is -2.34. The van der Waals surface area contributed by atoms with Gasteiger partial charge in [0.15, 0.2) is 0 Å². The summed E-state index contributed by atoms with van der Waals surface area (Å²) < 4.78 is 10.5. The molecule has 9 heteroatoms. The van der Waals surface area contributed by atoms with Crippen LogP contribution in [0, 0.1) is 0 Å². The molecule has 2 heterocycles. The Balaban J connectivity index is 1.55. The number of anilines is 3. The number of likely N-dealkylation sites (N-methyl/N-ethyl adjacent to an activating group) is 1. The van der Waals surface area contributed by atoms with Gasteiger partial charge < -0.3 is 24.6 Å². The normalized spacial score (nSPS) is 14.0. The van der Waals surface area contributed by atoms with Crippen molar-refractivity contribution >= 4 is 34.9 Å². The number of carbonyl (C=O) groups is 1. The van der Waals surface area contributed by atoms with E-state index in [1.807, 2.05) is 24.3 Å². The molecule has 0 amide bonds. The summed E-state index contributed by atoms with van der Waals surface area (Å²) in [6.45, 7) is 6.18. The fourth-order valence-corrected chi connectivity index (χ4v) is 4.14. The topological polar surface area (TPSA) is 79.8 Å². The van der Waals surface area contributed by atoms with Gasteiger partial charge in [-0.2, -0.15) is 0 Å². The average Bonchev–Trinajstić information content (AvgIpc) is 2.86. The number of piperazine rings is 1. The first-order valence-corrected chi connectivity index (χ1v) is 12.0. The third-order valence-corrected chi connectivity index (χ3v) is 6.25. The Morgan fingerprint density at radius 1 is 1.11 bits per heavy atom. The molecular formula is C26H30ClN5O3. The van der Waals surface area contributed by atoms with Crippen LogP contribution in [0.4, 0.5) is 17.3 Å². The number of ether oxygens (including phenoxy) is 2. The van der Waals surface area contributed by atoms with Gasteiger partial charge in [0.1, 0.15) is 5.75 Å². The minimum Gasteiger partial charge on any atom is -0.495 e. The Kier molecular flexibility index (Phi) is 8.05. The van der Waals surface area contributed by atoms with Gasteiger partial charge in [-0.05, 0) is 55.9 Å². The van der Waals surface area contributed by atoms with Gasteiger partial charge in [-0.1, -0.05) is 17.7 Å². The molecule has 1 saturated heterocycles. The summed E-state index contributed by atoms with van der Waals surface area (Å²) >= 11 is 6.16. The lowest BCUT2D eigenvalue weighted by molar-refractivity contribution is 0.0524. The molecule has 0 bridgehead atoms. The predicted octanol–water partition coefficient (Wildman–Crippen LogP) is 4.40. The van der Waals surface area contributed by atoms with Crippen molar-refractivity contribution in [1.82, 2.24) is 14.9 Å². The maximum atomic E-state index is 12.5. The zero-order chi connectivity index (χ0) is 24.8. The van der Waals surface area contributed by atoms with Crippen molar-refractivity contribution in [1.29, 1.82) is 0 Å². The summed E-state index contributed by atoms with van der Waals surface area (Å²) in [5, 5.41) is 3.77. The molecule has 0 aliphatic carbocycles. The minimum atomic E-state index is -0.452. The molecule has 1 aromatic heterocycles. The molecule has 0 unspecified atom stereocenters. The molecule has 0 spiro atoms. The van der Waals surface area contributed by atoms with Crippen LogP contribution in [0.3, 0.4) is 0 Å². The second kappa shape index (κ2) is 11.4. The summed E-state index contributed by atoms with van der Waals surface area (Å²) in [5.74, 6) is 0.516. The molecule has 0 atom stereocenters. The molecule has 4 rings (SSSR count). The molecule has 184 valence electrons. The number of benzene rings is 2. The lowest BCUT2D eigenvalue weighted by Crippen LogP contribution is -2.44. The molecule has 2 aromatic carbocycles. The van der Waals surface area contributed by atoms with Crippen molar-refractivity contribution < 1.29 is 14.3 Å². The third kappa shape index (κ3) is 6.21. The van der Waals surface area contributed by atoms with Crippen LogP contribution in [-0.2, 0) is 11.2 Å². The highest BCUT2D eigenvalue weighted by Gasteiger charge is 2.18. The van der Waals surface area contributed by atoms with E-state index in [1.165, 1.54) is 11.9 Å². The highest BCUT2D eigenvalue weighted by atomic mass is 35.5. The maximum Gasteiger partial charge on any atom is 0.341 e. The number of carbonyl (C=O) groups excluding carboxylic acids is 1. The van der Waals surface area contributed by atoms with Crippen LogP contribution in [0.2, 0.25) is 5.02 Å². The lowest BCUT2D eigenvalue weighted by atomic mass is 10.1. The van der Waals surface area contributed by atoms with E-state index >= 15 is 0 Å². The van der Waals surface area contributed by atoms with E-state index in [-0.39, 0.29) is 6.61 Å². The van der Waals surface area contributed by atoms with Gasteiger partial charge in [-0.15, -0.1) is 0 Å². The molecule has 8 nitrogen and oxygen atoms in total. The zero-order valence-electron chi connectivity index (χ0n) is 20.3. The van der Waals surface area contributed by atoms with Crippen LogP contribution in [0.15, 0.2) is 48.7 Å². The largest absolute Gasteiger partial charge is 0.495 e. The monoisotopic (exact) mass is 495 g/mol. The van der Waals surface area contributed by atoms with E-state index in [4.69, 9.17) is 21.1 Å². The predicted molar refractivity (Wildman–Crippen MR) is 138 cm³/mol. The van der Waals surface area contributed by atoms with Crippen molar-refractivity contribution in [3.8, 4) is 5.75 Å². The Labute approximate surface area is 210 Å². The summed E-state index contributed by atoms with van der Waals surface area (Å²) in [5.41, 5.74) is 3.85. The van der Waals surface area contributed by atoms with Gasteiger partial charge in [0.05, 0.1) is 30.0 Å². The smallest absolute Gasteiger partial charge is 0.341 e. The molecule has 35 heavy (non-hydrogen) atoms. The van der Waals surface area contributed by atoms with E-state index in [0.29, 0.717) is 34.4 Å². The Morgan fingerprint density at radius 3 is 2.54 bits per heavy atom. The molecule has 0 saturated carbocycles. The second-order valence-electron chi connectivity index (χ2n) is 8.38. The standard InChI is InChI=1S/C26H30ClN5O3/c1-4-35-25(33)21-17-28-26(30-23(21)15-18-5-10-22(27)24(16-18)34-3)29-19-6-8-20(9-7-19)32-13-11-31(2)12-14-32/h5-10,16-17H,4,11-15H2,1-3H3,(H,28,29,30). The number of hydrogen-bond donors (Lipinski definition) is 1. The molecule has 1 N–H and O–H groups in total. The summed E-state index contributed by atoms with van der Waals surface area (Å²) in [6.07, 6.45) is 1.90. The number of esters is 1. The molecule has 3 aromatic rings. The molecule has 1 fully saturated rings. The van der Waals surface area contributed by atoms with E-state index in [9.17, 15) is 4.79 Å². The van der Waals surface area contributed by atoms with E-state index < -0.39 is 5.97 Å². The fraction of sp³-hybridized carbons (Fsp3) is 0.346. The number of nitrogens with one attached hydrogen (secondary N) is 1. The van der Waals surface area contributed by atoms with Crippen LogP contribution in [0.1, 0.15) is 28.5 Å². The van der Waals surface area contributed by atoms with Crippen molar-refractivity contribution in [2.75, 3.05) is 57.2 Å². The highest BCUT2D eigenvalue weighted by Crippen LogP contribution is 2.27. The zero-order valence-corrected chi connectivity index (χ0v) is 21.0. The van der Waals surface area contributed by atoms with Gasteiger partial charge in [-0.25, -0.2) is 14.8 Å². The third-order valence-electron chi connectivity index (χ3n) is 5.94. The van der Waals surface area contributed by atoms with Crippen LogP contribution in [-0.4, -0.2) is 67.8 Å². The van der Waals surface area contributed by atoms with Crippen LogP contribution in [0.5, 0.6) is 5.75 Å². The fourth-order valence-electron chi connectivity index (χ4n) is 3.95. The highest BCUT2D eigenvalue weighted by molar-refractivity contribution is 6.32. The first kappa shape index (κ1) is 24.8. The number of rotatable bonds is 8. The van der Waals surface area contributed by atoms with Crippen LogP contribution >= 0.6 is 11.6 Å². The summed E-state index contributed by atoms with van der Waals surface area (Å²) in [7, 11) is 3.71. The van der Waals surface area contributed by atoms with Gasteiger partial charge in [-0.3, -0.25) is 0 Å².